The molecule has 1 aliphatic rings. The molecule has 3 heterocycles. The molecule has 4 aromatic rings. The van der Waals surface area contributed by atoms with Gasteiger partial charge in [0, 0.05) is 31.2 Å². The van der Waals surface area contributed by atoms with E-state index in [0.717, 1.165) is 25.0 Å². The van der Waals surface area contributed by atoms with E-state index in [1.165, 1.54) is 0 Å². The Morgan fingerprint density at radius 1 is 1.10 bits per heavy atom. The molecule has 5 rings (SSSR count). The van der Waals surface area contributed by atoms with Gasteiger partial charge < -0.3 is 19.3 Å². The first-order chi connectivity index (χ1) is 14.7. The molecule has 1 atom stereocenters. The van der Waals surface area contributed by atoms with Crippen LogP contribution in [0.15, 0.2) is 51.3 Å². The number of likely N-dealkylation sites (tertiary alicyclic amines) is 1. The summed E-state index contributed by atoms with van der Waals surface area (Å²) < 4.78 is 11.3. The third-order valence-corrected chi connectivity index (χ3v) is 5.18. The van der Waals surface area contributed by atoms with Gasteiger partial charge in [-0.25, -0.2) is 0 Å². The average molecular weight is 407 g/mol. The number of β-amino-alcohol motifs (C(OH)–C–C–N with tert-alkyl or cyclic N) is 1. The first kappa shape index (κ1) is 18.6. The molecule has 1 unspecified atom stereocenters. The fourth-order valence-electron chi connectivity index (χ4n) is 3.70. The Morgan fingerprint density at radius 3 is 2.67 bits per heavy atom. The summed E-state index contributed by atoms with van der Waals surface area (Å²) >= 11 is 0. The zero-order chi connectivity index (χ0) is 20.5. The molecule has 30 heavy (non-hydrogen) atoms. The number of anilines is 2. The monoisotopic (exact) mass is 407 g/mol. The Bertz CT molecular complexity index is 1170. The van der Waals surface area contributed by atoms with Crippen LogP contribution in [0.4, 0.5) is 12.0 Å². The second-order valence-corrected chi connectivity index (χ2v) is 7.30. The van der Waals surface area contributed by atoms with Crippen molar-refractivity contribution >= 4 is 40.1 Å². The lowest BCUT2D eigenvalue weighted by molar-refractivity contribution is 0.0937. The van der Waals surface area contributed by atoms with E-state index in [1.54, 1.807) is 18.2 Å². The number of nitrogens with one attached hydrogen (secondary N) is 2. The SMILES string of the molecule is O=C(NC1CCN(CCO)C1)c1ccc2oc(Nc3nc4ccccc4o3)nc2c1. The molecule has 154 valence electrons. The third kappa shape index (κ3) is 3.72. The highest BCUT2D eigenvalue weighted by Crippen LogP contribution is 2.25. The van der Waals surface area contributed by atoms with Crippen LogP contribution < -0.4 is 10.6 Å². The highest BCUT2D eigenvalue weighted by molar-refractivity contribution is 5.97. The molecule has 0 bridgehead atoms. The maximum absolute atomic E-state index is 12.6. The fraction of sp³-hybridized carbons (Fsp3) is 0.286. The van der Waals surface area contributed by atoms with Gasteiger partial charge in [0.2, 0.25) is 0 Å². The number of nitrogens with zero attached hydrogens (tertiary/aromatic N) is 3. The van der Waals surface area contributed by atoms with E-state index >= 15 is 0 Å². The Labute approximate surface area is 171 Å². The Morgan fingerprint density at radius 2 is 1.87 bits per heavy atom. The van der Waals surface area contributed by atoms with Crippen molar-refractivity contribution in [3.05, 3.63) is 48.0 Å². The van der Waals surface area contributed by atoms with E-state index in [1.807, 2.05) is 24.3 Å². The molecular weight excluding hydrogens is 386 g/mol. The molecule has 0 aliphatic carbocycles. The fourth-order valence-corrected chi connectivity index (χ4v) is 3.70. The topological polar surface area (TPSA) is 117 Å². The van der Waals surface area contributed by atoms with Crippen LogP contribution in [0.5, 0.6) is 0 Å². The van der Waals surface area contributed by atoms with Crippen molar-refractivity contribution in [3.63, 3.8) is 0 Å². The standard InChI is InChI=1S/C21H21N5O4/c27-10-9-26-8-7-14(12-26)22-19(28)13-5-6-18-16(11-13)24-21(30-18)25-20-23-15-3-1-2-4-17(15)29-20/h1-6,11,14,27H,7-10,12H2,(H,22,28)(H,23,24,25). The number of oxazole rings is 2. The largest absolute Gasteiger partial charge is 0.423 e. The van der Waals surface area contributed by atoms with Crippen LogP contribution in [0, 0.1) is 0 Å². The van der Waals surface area contributed by atoms with E-state index < -0.39 is 0 Å². The maximum Gasteiger partial charge on any atom is 0.303 e. The molecule has 1 amide bonds. The van der Waals surface area contributed by atoms with Gasteiger partial charge in [0.05, 0.1) is 6.61 Å². The maximum atomic E-state index is 12.6. The van der Waals surface area contributed by atoms with Crippen LogP contribution in [-0.2, 0) is 0 Å². The smallest absolute Gasteiger partial charge is 0.303 e. The van der Waals surface area contributed by atoms with Crippen LogP contribution >= 0.6 is 0 Å². The van der Waals surface area contributed by atoms with Crippen LogP contribution in [0.2, 0.25) is 0 Å². The minimum absolute atomic E-state index is 0.0773. The number of aliphatic hydroxyl groups excluding tert-OH is 1. The average Bonchev–Trinajstić information content (AvgIpc) is 3.45. The van der Waals surface area contributed by atoms with Crippen molar-refractivity contribution in [2.75, 3.05) is 31.6 Å². The third-order valence-electron chi connectivity index (χ3n) is 5.18. The number of carbonyl (C=O) groups is 1. The van der Waals surface area contributed by atoms with E-state index in [9.17, 15) is 4.79 Å². The molecule has 3 N–H and O–H groups in total. The van der Waals surface area contributed by atoms with Crippen molar-refractivity contribution in [1.82, 2.24) is 20.2 Å². The normalized spacial score (nSPS) is 17.0. The number of aliphatic hydroxyl groups is 1. The minimum atomic E-state index is -0.149. The number of rotatable bonds is 6. The van der Waals surface area contributed by atoms with Crippen molar-refractivity contribution in [2.45, 2.75) is 12.5 Å². The number of hydrogen-bond donors (Lipinski definition) is 3. The van der Waals surface area contributed by atoms with Gasteiger partial charge in [0.25, 0.3) is 5.91 Å². The van der Waals surface area contributed by atoms with Crippen LogP contribution in [0.1, 0.15) is 16.8 Å². The van der Waals surface area contributed by atoms with Crippen molar-refractivity contribution in [1.29, 1.82) is 0 Å². The summed E-state index contributed by atoms with van der Waals surface area (Å²) in [4.78, 5) is 23.5. The van der Waals surface area contributed by atoms with Crippen LogP contribution in [0.25, 0.3) is 22.2 Å². The summed E-state index contributed by atoms with van der Waals surface area (Å²) in [6.45, 7) is 2.38. The molecule has 0 saturated carbocycles. The van der Waals surface area contributed by atoms with Crippen molar-refractivity contribution in [3.8, 4) is 0 Å². The molecule has 1 saturated heterocycles. The zero-order valence-electron chi connectivity index (χ0n) is 16.2. The van der Waals surface area contributed by atoms with Crippen LogP contribution in [0.3, 0.4) is 0 Å². The van der Waals surface area contributed by atoms with E-state index in [2.05, 4.69) is 25.5 Å². The molecule has 1 fully saturated rings. The highest BCUT2D eigenvalue weighted by Gasteiger charge is 2.24. The second kappa shape index (κ2) is 7.77. The summed E-state index contributed by atoms with van der Waals surface area (Å²) in [5, 5.41) is 15.0. The van der Waals surface area contributed by atoms with Gasteiger partial charge in [0.15, 0.2) is 11.2 Å². The number of carbonyl (C=O) groups excluding carboxylic acids is 1. The number of amides is 1. The van der Waals surface area contributed by atoms with Gasteiger partial charge in [-0.2, -0.15) is 9.97 Å². The molecule has 9 heteroatoms. The molecule has 9 nitrogen and oxygen atoms in total. The zero-order valence-corrected chi connectivity index (χ0v) is 16.2. The predicted molar refractivity (Wildman–Crippen MR) is 111 cm³/mol. The van der Waals surface area contributed by atoms with Crippen molar-refractivity contribution < 1.29 is 18.7 Å². The quantitative estimate of drug-likeness (QED) is 0.446. The van der Waals surface area contributed by atoms with Gasteiger partial charge in [-0.15, -0.1) is 0 Å². The Balaban J connectivity index is 1.29. The van der Waals surface area contributed by atoms with Crippen molar-refractivity contribution in [2.24, 2.45) is 0 Å². The van der Waals surface area contributed by atoms with E-state index in [4.69, 9.17) is 13.9 Å². The number of benzene rings is 2. The number of aromatic nitrogens is 2. The number of hydrogen-bond acceptors (Lipinski definition) is 8. The first-order valence-electron chi connectivity index (χ1n) is 9.85. The highest BCUT2D eigenvalue weighted by atomic mass is 16.4. The number of para-hydroxylation sites is 2. The summed E-state index contributed by atoms with van der Waals surface area (Å²) in [7, 11) is 0. The summed E-state index contributed by atoms with van der Waals surface area (Å²) in [6, 6.07) is 13.2. The van der Waals surface area contributed by atoms with Gasteiger partial charge in [0.1, 0.15) is 11.0 Å². The summed E-state index contributed by atoms with van der Waals surface area (Å²) in [6.07, 6.45) is 0.872. The molecule has 0 spiro atoms. The van der Waals surface area contributed by atoms with Crippen LogP contribution in [-0.4, -0.2) is 58.2 Å². The summed E-state index contributed by atoms with van der Waals surface area (Å²) in [5.41, 5.74) is 3.04. The molecular formula is C21H21N5O4. The van der Waals surface area contributed by atoms with E-state index in [0.29, 0.717) is 28.8 Å². The van der Waals surface area contributed by atoms with Gasteiger partial charge in [-0.1, -0.05) is 12.1 Å². The lowest BCUT2D eigenvalue weighted by Gasteiger charge is -2.15. The van der Waals surface area contributed by atoms with Gasteiger partial charge in [-0.3, -0.25) is 15.0 Å². The van der Waals surface area contributed by atoms with Gasteiger partial charge in [-0.05, 0) is 36.8 Å². The minimum Gasteiger partial charge on any atom is -0.423 e. The van der Waals surface area contributed by atoms with E-state index in [-0.39, 0.29) is 30.6 Å². The lowest BCUT2D eigenvalue weighted by atomic mass is 10.1. The molecule has 2 aromatic heterocycles. The van der Waals surface area contributed by atoms with Gasteiger partial charge >= 0.3 is 12.0 Å². The molecule has 2 aromatic carbocycles. The summed E-state index contributed by atoms with van der Waals surface area (Å²) in [5.74, 6) is -0.149. The Kier molecular flexibility index (Phi) is 4.82. The number of fused-ring (bicyclic) bond motifs is 2. The molecule has 0 radical (unpaired) electrons. The first-order valence-corrected chi connectivity index (χ1v) is 9.85. The molecule has 1 aliphatic heterocycles. The predicted octanol–water partition coefficient (Wildman–Crippen LogP) is 2.51. The second-order valence-electron chi connectivity index (χ2n) is 7.30. The Hall–Kier alpha value is -3.43. The lowest BCUT2D eigenvalue weighted by Crippen LogP contribution is -2.37.